The van der Waals surface area contributed by atoms with E-state index in [0.29, 0.717) is 52.3 Å². The Bertz CT molecular complexity index is 2510. The highest BCUT2D eigenvalue weighted by atomic mass is 35.5. The van der Waals surface area contributed by atoms with Crippen molar-refractivity contribution in [2.24, 2.45) is 5.92 Å². The predicted octanol–water partition coefficient (Wildman–Crippen LogP) is 7.94. The third-order valence-corrected chi connectivity index (χ3v) is 15.6. The van der Waals surface area contributed by atoms with Crippen LogP contribution in [-0.4, -0.2) is 83.6 Å². The first-order valence-corrected chi connectivity index (χ1v) is 24.0. The van der Waals surface area contributed by atoms with Gasteiger partial charge in [-0.15, -0.1) is 11.3 Å². The van der Waals surface area contributed by atoms with Crippen molar-refractivity contribution in [3.63, 3.8) is 0 Å². The van der Waals surface area contributed by atoms with Crippen molar-refractivity contribution in [1.82, 2.24) is 24.9 Å². The third-order valence-electron chi connectivity index (χ3n) is 12.1. The Morgan fingerprint density at radius 1 is 1.03 bits per heavy atom. The van der Waals surface area contributed by atoms with Gasteiger partial charge in [-0.2, -0.15) is 0 Å². The molecule has 3 amide bonds. The largest absolute Gasteiger partial charge is 0.496 e. The number of nitrogens with zero attached hydrogens (tertiary/aromatic N) is 3. The number of aryl methyl sites for hydroxylation is 1. The van der Waals surface area contributed by atoms with Crippen molar-refractivity contribution >= 4 is 78.7 Å². The van der Waals surface area contributed by atoms with Crippen molar-refractivity contribution < 1.29 is 32.3 Å². The van der Waals surface area contributed by atoms with Crippen molar-refractivity contribution in [3.05, 3.63) is 75.2 Å². The topological polar surface area (TPSA) is 169 Å². The maximum absolute atomic E-state index is 14.9. The molecule has 0 spiro atoms. The number of halogens is 2. The molecular formula is C44H50Cl2N6O7S2. The smallest absolute Gasteiger partial charge is 0.259 e. The molecule has 2 aromatic carbocycles. The zero-order valence-electron chi connectivity index (χ0n) is 34.5. The lowest BCUT2D eigenvalue weighted by Gasteiger charge is -2.30. The van der Waals surface area contributed by atoms with E-state index in [-0.39, 0.29) is 31.2 Å². The van der Waals surface area contributed by atoms with Gasteiger partial charge in [-0.1, -0.05) is 62.0 Å². The Morgan fingerprint density at radius 2 is 1.84 bits per heavy atom. The second kappa shape index (κ2) is 17.4. The highest BCUT2D eigenvalue weighted by molar-refractivity contribution is 7.91. The molecule has 2 saturated carbocycles. The summed E-state index contributed by atoms with van der Waals surface area (Å²) < 4.78 is 40.7. The molecule has 3 fully saturated rings. The molecule has 1 saturated heterocycles. The van der Waals surface area contributed by atoms with E-state index in [4.69, 9.17) is 42.6 Å². The number of anilines is 1. The third kappa shape index (κ3) is 9.07. The summed E-state index contributed by atoms with van der Waals surface area (Å²) in [6.07, 6.45) is 8.03. The van der Waals surface area contributed by atoms with E-state index in [2.05, 4.69) is 29.2 Å². The number of pyridine rings is 1. The van der Waals surface area contributed by atoms with Crippen LogP contribution in [0, 0.1) is 12.8 Å². The van der Waals surface area contributed by atoms with Gasteiger partial charge < -0.3 is 25.0 Å². The zero-order chi connectivity index (χ0) is 43.2. The van der Waals surface area contributed by atoms with Crippen molar-refractivity contribution in [2.45, 2.75) is 113 Å². The number of aromatic nitrogens is 2. The molecule has 5 atom stereocenters. The van der Waals surface area contributed by atoms with E-state index in [9.17, 15) is 22.8 Å². The van der Waals surface area contributed by atoms with Gasteiger partial charge in [0, 0.05) is 28.8 Å². The maximum Gasteiger partial charge on any atom is 0.259 e. The summed E-state index contributed by atoms with van der Waals surface area (Å²) in [4.78, 5) is 54.9. The second-order valence-corrected chi connectivity index (χ2v) is 20.5. The molecule has 0 radical (unpaired) electrons. The van der Waals surface area contributed by atoms with Crippen LogP contribution in [-0.2, 0) is 24.4 Å². The van der Waals surface area contributed by atoms with Crippen LogP contribution < -0.4 is 24.8 Å². The number of benzene rings is 2. The van der Waals surface area contributed by atoms with Crippen LogP contribution in [0.2, 0.25) is 10.0 Å². The number of amides is 3. The van der Waals surface area contributed by atoms with Gasteiger partial charge in [-0.05, 0) is 98.7 Å². The van der Waals surface area contributed by atoms with Gasteiger partial charge in [0.15, 0.2) is 0 Å². The molecule has 2 aliphatic heterocycles. The lowest BCUT2D eigenvalue weighted by molar-refractivity contribution is -0.140. The first kappa shape index (κ1) is 43.2. The summed E-state index contributed by atoms with van der Waals surface area (Å²) in [6, 6.07) is 8.97. The fourth-order valence-corrected chi connectivity index (χ4v) is 10.9. The number of carbonyl (C=O) groups is 3. The standard InChI is InChI=1S/C44H50Cl2N6O7S2/c1-24(2)36-23-60-41(49-36)35-20-31-25(3)38(58-4)17-15-30(31)40(48-35)59-28-19-37-39(53)50-44(43(55)51-61(56,57)29-13-14-29)21-26(44)10-8-6-5-7-9-11-34(42(54)52(37)22-28)47-27-12-16-32(45)33(46)18-27/h8,10,12,15-18,20,23-24,26,28-29,34,37,47H,5-7,9,11,13-14,19,21-22H2,1-4H3,(H,50,53)(H,51,55)/b10-8-/t26-,28+,34-,37-,44+/m0/s1. The molecule has 4 aromatic rings. The summed E-state index contributed by atoms with van der Waals surface area (Å²) in [5.41, 5.74) is 1.55. The van der Waals surface area contributed by atoms with E-state index in [1.165, 1.54) is 16.2 Å². The molecule has 2 aliphatic carbocycles. The Kier molecular flexibility index (Phi) is 12.3. The van der Waals surface area contributed by atoms with Gasteiger partial charge in [0.1, 0.15) is 40.2 Å². The average Bonchev–Trinajstić information content (AvgIpc) is 4.10. The van der Waals surface area contributed by atoms with Crippen LogP contribution in [0.5, 0.6) is 11.6 Å². The molecule has 4 heterocycles. The quantitative estimate of drug-likeness (QED) is 0.133. The Labute approximate surface area is 370 Å². The van der Waals surface area contributed by atoms with E-state index < -0.39 is 56.7 Å². The summed E-state index contributed by atoms with van der Waals surface area (Å²) in [5, 5.41) is 10.7. The number of thiazole rings is 1. The zero-order valence-corrected chi connectivity index (χ0v) is 37.6. The first-order chi connectivity index (χ1) is 29.2. The molecule has 0 bridgehead atoms. The maximum atomic E-state index is 14.9. The Morgan fingerprint density at radius 3 is 2.56 bits per heavy atom. The predicted molar refractivity (Wildman–Crippen MR) is 238 cm³/mol. The molecule has 324 valence electrons. The number of nitrogens with one attached hydrogen (secondary N) is 3. The highest BCUT2D eigenvalue weighted by Crippen LogP contribution is 2.46. The van der Waals surface area contributed by atoms with Crippen molar-refractivity contribution in [3.8, 4) is 22.3 Å². The van der Waals surface area contributed by atoms with E-state index >= 15 is 0 Å². The van der Waals surface area contributed by atoms with Crippen LogP contribution >= 0.6 is 34.5 Å². The minimum Gasteiger partial charge on any atom is -0.496 e. The molecule has 8 rings (SSSR count). The summed E-state index contributed by atoms with van der Waals surface area (Å²) in [7, 11) is -2.28. The number of fused-ring (bicyclic) bond motifs is 3. The van der Waals surface area contributed by atoms with Crippen LogP contribution in [0.3, 0.4) is 0 Å². The van der Waals surface area contributed by atoms with Crippen LogP contribution in [0.25, 0.3) is 21.5 Å². The molecule has 3 N–H and O–H groups in total. The minimum atomic E-state index is -3.90. The fraction of sp³-hybridized carbons (Fsp3) is 0.477. The Hall–Kier alpha value is -4.44. The van der Waals surface area contributed by atoms with Crippen LogP contribution in [0.4, 0.5) is 5.69 Å². The van der Waals surface area contributed by atoms with Gasteiger partial charge in [0.05, 0.1) is 34.6 Å². The number of hydrogen-bond donors (Lipinski definition) is 3. The molecule has 61 heavy (non-hydrogen) atoms. The number of methoxy groups -OCH3 is 1. The van der Waals surface area contributed by atoms with Crippen molar-refractivity contribution in [1.29, 1.82) is 0 Å². The van der Waals surface area contributed by atoms with Gasteiger partial charge in [-0.3, -0.25) is 19.1 Å². The van der Waals surface area contributed by atoms with Gasteiger partial charge >= 0.3 is 0 Å². The van der Waals surface area contributed by atoms with Gasteiger partial charge in [0.25, 0.3) is 5.91 Å². The Balaban J connectivity index is 1.16. The highest BCUT2D eigenvalue weighted by Gasteiger charge is 2.62. The lowest BCUT2D eigenvalue weighted by atomic mass is 10.0. The van der Waals surface area contributed by atoms with Gasteiger partial charge in [0.2, 0.25) is 27.7 Å². The number of ether oxygens (including phenoxy) is 2. The van der Waals surface area contributed by atoms with Crippen LogP contribution in [0.1, 0.15) is 88.8 Å². The molecule has 17 heteroatoms. The SMILES string of the molecule is COc1ccc2c(O[C@@H]3C[C@H]4C(=O)N[C@]5(C(=O)NS(=O)(=O)C6CC6)C[C@@H]5/C=C\CCCCC[C@H](Nc5ccc(Cl)c(Cl)c5)C(=O)N4C3)nc(-c3nc(C(C)C)cs3)cc2c1C. The summed E-state index contributed by atoms with van der Waals surface area (Å²) >= 11 is 14.1. The summed E-state index contributed by atoms with van der Waals surface area (Å²) in [6.45, 7) is 6.17. The van der Waals surface area contributed by atoms with E-state index in [0.717, 1.165) is 52.7 Å². The monoisotopic (exact) mass is 908 g/mol. The number of rotatable bonds is 10. The van der Waals surface area contributed by atoms with E-state index in [1.54, 1.807) is 25.3 Å². The molecular weight excluding hydrogens is 860 g/mol. The normalized spacial score (nSPS) is 25.2. The second-order valence-electron chi connectivity index (χ2n) is 16.9. The molecule has 0 unspecified atom stereocenters. The average molecular weight is 910 g/mol. The first-order valence-electron chi connectivity index (χ1n) is 20.8. The van der Waals surface area contributed by atoms with Crippen LogP contribution in [0.15, 0.2) is 53.9 Å². The number of hydrogen-bond acceptors (Lipinski definition) is 11. The van der Waals surface area contributed by atoms with Gasteiger partial charge in [-0.25, -0.2) is 18.4 Å². The number of allylic oxidation sites excluding steroid dienone is 1. The molecule has 2 aromatic heterocycles. The molecule has 4 aliphatic rings. The lowest BCUT2D eigenvalue weighted by Crippen LogP contribution is -2.57. The summed E-state index contributed by atoms with van der Waals surface area (Å²) in [5.74, 6) is -0.853. The van der Waals surface area contributed by atoms with Crippen molar-refractivity contribution in [2.75, 3.05) is 19.0 Å². The number of sulfonamides is 1. The fourth-order valence-electron chi connectivity index (χ4n) is 8.30. The number of carbonyl (C=O) groups excluding carboxylic acids is 3. The minimum absolute atomic E-state index is 0.0341. The van der Waals surface area contributed by atoms with E-state index in [1.807, 2.05) is 42.7 Å². The molecule has 13 nitrogen and oxygen atoms in total.